The molecule has 0 aliphatic heterocycles. The van der Waals surface area contributed by atoms with Gasteiger partial charge in [0.05, 0.1) is 14.2 Å². The fourth-order valence-electron chi connectivity index (χ4n) is 6.20. The SMILES string of the molecule is COc1ccc(/C=C2\CCCC(C(c3ccccc3)C3CCC/C(=C\c4ccc(OC)cc4)C3=O)C2=O)cc1. The lowest BCUT2D eigenvalue weighted by Gasteiger charge is -2.37. The number of benzene rings is 3. The number of hydrogen-bond acceptors (Lipinski definition) is 4. The van der Waals surface area contributed by atoms with Crippen molar-refractivity contribution in [1.82, 2.24) is 0 Å². The Bertz CT molecular complexity index is 1260. The van der Waals surface area contributed by atoms with E-state index in [0.717, 1.165) is 77.9 Å². The van der Waals surface area contributed by atoms with Gasteiger partial charge in [-0.3, -0.25) is 9.59 Å². The van der Waals surface area contributed by atoms with Crippen LogP contribution in [0, 0.1) is 11.8 Å². The minimum absolute atomic E-state index is 0.134. The molecule has 0 amide bonds. The maximum absolute atomic E-state index is 14.0. The van der Waals surface area contributed by atoms with Gasteiger partial charge < -0.3 is 9.47 Å². The molecule has 4 heteroatoms. The maximum atomic E-state index is 14.0. The molecular weight excluding hydrogens is 484 g/mol. The first kappa shape index (κ1) is 26.7. The van der Waals surface area contributed by atoms with Crippen molar-refractivity contribution in [2.24, 2.45) is 11.8 Å². The zero-order chi connectivity index (χ0) is 27.2. The van der Waals surface area contributed by atoms with E-state index in [2.05, 4.69) is 12.1 Å². The molecular formula is C35H36O4. The monoisotopic (exact) mass is 520 g/mol. The Hall–Kier alpha value is -3.92. The minimum atomic E-state index is -0.208. The van der Waals surface area contributed by atoms with Crippen LogP contribution in [0.25, 0.3) is 12.2 Å². The summed E-state index contributed by atoms with van der Waals surface area (Å²) in [6.45, 7) is 0. The molecule has 4 nitrogen and oxygen atoms in total. The van der Waals surface area contributed by atoms with Crippen molar-refractivity contribution in [1.29, 1.82) is 0 Å². The molecule has 0 aromatic heterocycles. The van der Waals surface area contributed by atoms with Crippen LogP contribution in [0.4, 0.5) is 0 Å². The molecule has 0 saturated heterocycles. The summed E-state index contributed by atoms with van der Waals surface area (Å²) in [7, 11) is 3.30. The van der Waals surface area contributed by atoms with Crippen LogP contribution in [0.2, 0.25) is 0 Å². The van der Waals surface area contributed by atoms with Gasteiger partial charge in [0.1, 0.15) is 11.5 Å². The van der Waals surface area contributed by atoms with Gasteiger partial charge in [-0.15, -0.1) is 0 Å². The first-order valence-corrected chi connectivity index (χ1v) is 13.9. The molecule has 3 aromatic rings. The number of carbonyl (C=O) groups is 2. The van der Waals surface area contributed by atoms with Crippen molar-refractivity contribution in [2.45, 2.75) is 44.4 Å². The van der Waals surface area contributed by atoms with Crippen LogP contribution in [-0.4, -0.2) is 25.8 Å². The number of methoxy groups -OCH3 is 2. The van der Waals surface area contributed by atoms with Crippen molar-refractivity contribution in [2.75, 3.05) is 14.2 Å². The fraction of sp³-hybridized carbons (Fsp3) is 0.314. The van der Waals surface area contributed by atoms with E-state index in [-0.39, 0.29) is 29.3 Å². The molecule has 2 fully saturated rings. The Kier molecular flexibility index (Phi) is 8.41. The number of Topliss-reactive ketones (excluding diaryl/α,β-unsaturated/α-hetero) is 2. The third kappa shape index (κ3) is 6.06. The van der Waals surface area contributed by atoms with E-state index >= 15 is 0 Å². The lowest BCUT2D eigenvalue weighted by molar-refractivity contribution is -0.125. The summed E-state index contributed by atoms with van der Waals surface area (Å²) in [5.41, 5.74) is 4.79. The maximum Gasteiger partial charge on any atom is 0.162 e. The van der Waals surface area contributed by atoms with Crippen LogP contribution in [0.3, 0.4) is 0 Å². The normalized spacial score (nSPS) is 22.6. The molecule has 2 unspecified atom stereocenters. The lowest BCUT2D eigenvalue weighted by Crippen LogP contribution is -2.36. The summed E-state index contributed by atoms with van der Waals surface area (Å²) < 4.78 is 10.6. The number of ketones is 2. The summed E-state index contributed by atoms with van der Waals surface area (Å²) in [6, 6.07) is 25.8. The average Bonchev–Trinajstić information content (AvgIpc) is 2.98. The number of allylic oxidation sites excluding steroid dienone is 2. The molecule has 2 aliphatic rings. The number of rotatable bonds is 7. The molecule has 0 N–H and O–H groups in total. The number of carbonyl (C=O) groups excluding carboxylic acids is 2. The van der Waals surface area contributed by atoms with Crippen molar-refractivity contribution in [3.05, 3.63) is 107 Å². The van der Waals surface area contributed by atoms with Crippen LogP contribution >= 0.6 is 0 Å². The second-order valence-electron chi connectivity index (χ2n) is 10.5. The Balaban J connectivity index is 1.46. The van der Waals surface area contributed by atoms with E-state index in [9.17, 15) is 9.59 Å². The van der Waals surface area contributed by atoms with Gasteiger partial charge in [0.15, 0.2) is 11.6 Å². The van der Waals surface area contributed by atoms with Crippen molar-refractivity contribution in [3.8, 4) is 11.5 Å². The zero-order valence-electron chi connectivity index (χ0n) is 22.8. The van der Waals surface area contributed by atoms with Crippen LogP contribution in [0.5, 0.6) is 11.5 Å². The molecule has 200 valence electrons. The minimum Gasteiger partial charge on any atom is -0.497 e. The zero-order valence-corrected chi connectivity index (χ0v) is 22.8. The van der Waals surface area contributed by atoms with Gasteiger partial charge in [0.25, 0.3) is 0 Å². The first-order chi connectivity index (χ1) is 19.1. The van der Waals surface area contributed by atoms with Crippen molar-refractivity contribution in [3.63, 3.8) is 0 Å². The molecule has 0 spiro atoms. The molecule has 2 saturated carbocycles. The summed E-state index contributed by atoms with van der Waals surface area (Å²) in [4.78, 5) is 28.0. The van der Waals surface area contributed by atoms with Gasteiger partial charge in [0, 0.05) is 17.8 Å². The second-order valence-corrected chi connectivity index (χ2v) is 10.5. The van der Waals surface area contributed by atoms with E-state index in [1.54, 1.807) is 14.2 Å². The highest BCUT2D eigenvalue weighted by Gasteiger charge is 2.42. The highest BCUT2D eigenvalue weighted by molar-refractivity contribution is 6.05. The third-order valence-electron chi connectivity index (χ3n) is 8.19. The molecule has 2 atom stereocenters. The standard InChI is InChI=1S/C35H36O4/c1-38-29-18-14-24(15-19-29)22-27-10-6-12-31(34(27)36)33(26-8-4-3-5-9-26)32-13-7-11-28(35(32)37)23-25-16-20-30(39-2)21-17-25/h3-5,8-9,14-23,31-33H,6-7,10-13H2,1-2H3/b27-22+,28-23+. The summed E-state index contributed by atoms with van der Waals surface area (Å²) in [5.74, 6) is 1.41. The largest absolute Gasteiger partial charge is 0.497 e. The molecule has 39 heavy (non-hydrogen) atoms. The van der Waals surface area contributed by atoms with E-state index in [1.807, 2.05) is 78.9 Å². The molecule has 2 aliphatic carbocycles. The van der Waals surface area contributed by atoms with E-state index in [4.69, 9.17) is 9.47 Å². The van der Waals surface area contributed by atoms with Crippen molar-refractivity contribution < 1.29 is 19.1 Å². The average molecular weight is 521 g/mol. The van der Waals surface area contributed by atoms with Crippen LogP contribution < -0.4 is 9.47 Å². The Labute approximate surface area is 231 Å². The topological polar surface area (TPSA) is 52.6 Å². The molecule has 0 heterocycles. The highest BCUT2D eigenvalue weighted by atomic mass is 16.5. The van der Waals surface area contributed by atoms with Crippen LogP contribution in [0.15, 0.2) is 90.0 Å². The Morgan fingerprint density at radius 2 is 1.08 bits per heavy atom. The highest BCUT2D eigenvalue weighted by Crippen LogP contribution is 2.45. The Morgan fingerprint density at radius 1 is 0.641 bits per heavy atom. The predicted octanol–water partition coefficient (Wildman–Crippen LogP) is 7.69. The first-order valence-electron chi connectivity index (χ1n) is 13.9. The van der Waals surface area contributed by atoms with Gasteiger partial charge in [-0.2, -0.15) is 0 Å². The molecule has 3 aromatic carbocycles. The number of hydrogen-bond donors (Lipinski definition) is 0. The van der Waals surface area contributed by atoms with Gasteiger partial charge >= 0.3 is 0 Å². The van der Waals surface area contributed by atoms with Crippen molar-refractivity contribution >= 4 is 23.7 Å². The molecule has 0 radical (unpaired) electrons. The van der Waals surface area contributed by atoms with Gasteiger partial charge in [-0.1, -0.05) is 54.6 Å². The predicted molar refractivity (Wildman–Crippen MR) is 156 cm³/mol. The quantitative estimate of drug-likeness (QED) is 0.300. The lowest BCUT2D eigenvalue weighted by atomic mass is 9.64. The summed E-state index contributed by atoms with van der Waals surface area (Å²) in [5, 5.41) is 0. The third-order valence-corrected chi connectivity index (χ3v) is 8.19. The second kappa shape index (κ2) is 12.3. The van der Waals surface area contributed by atoms with Crippen LogP contribution in [0.1, 0.15) is 61.1 Å². The molecule has 0 bridgehead atoms. The Morgan fingerprint density at radius 3 is 1.49 bits per heavy atom. The summed E-state index contributed by atoms with van der Waals surface area (Å²) >= 11 is 0. The van der Waals surface area contributed by atoms with Gasteiger partial charge in [-0.25, -0.2) is 0 Å². The van der Waals surface area contributed by atoms with Crippen LogP contribution in [-0.2, 0) is 9.59 Å². The smallest absolute Gasteiger partial charge is 0.162 e. The van der Waals surface area contributed by atoms with E-state index < -0.39 is 0 Å². The van der Waals surface area contributed by atoms with E-state index in [1.165, 1.54) is 0 Å². The van der Waals surface area contributed by atoms with Gasteiger partial charge in [0.2, 0.25) is 0 Å². The summed E-state index contributed by atoms with van der Waals surface area (Å²) in [6.07, 6.45) is 9.07. The molecule has 5 rings (SSSR count). The van der Waals surface area contributed by atoms with Gasteiger partial charge in [-0.05, 0) is 103 Å². The fourth-order valence-corrected chi connectivity index (χ4v) is 6.20. The van der Waals surface area contributed by atoms with E-state index in [0.29, 0.717) is 0 Å². The number of ether oxygens (including phenoxy) is 2.